The second kappa shape index (κ2) is 7.46. The van der Waals surface area contributed by atoms with Crippen LogP contribution in [0, 0.1) is 11.3 Å². The van der Waals surface area contributed by atoms with Crippen molar-refractivity contribution in [3.8, 4) is 0 Å². The van der Waals surface area contributed by atoms with Crippen molar-refractivity contribution in [2.75, 3.05) is 46.8 Å². The molecule has 0 aliphatic carbocycles. The molecule has 18 heavy (non-hydrogen) atoms. The van der Waals surface area contributed by atoms with Crippen molar-refractivity contribution in [1.82, 2.24) is 9.80 Å². The summed E-state index contributed by atoms with van der Waals surface area (Å²) in [7, 11) is 4.49. The molecule has 0 aromatic heterocycles. The maximum atomic E-state index is 5.96. The summed E-state index contributed by atoms with van der Waals surface area (Å²) in [6.45, 7) is 10.3. The molecule has 1 aliphatic heterocycles. The molecule has 0 aromatic rings. The van der Waals surface area contributed by atoms with Crippen LogP contribution in [-0.4, -0.2) is 56.6 Å². The lowest BCUT2D eigenvalue weighted by molar-refractivity contribution is 0.135. The van der Waals surface area contributed by atoms with Crippen LogP contribution in [0.15, 0.2) is 0 Å². The van der Waals surface area contributed by atoms with Gasteiger partial charge in [0.05, 0.1) is 0 Å². The summed E-state index contributed by atoms with van der Waals surface area (Å²) in [5.74, 6) is 0.884. The minimum atomic E-state index is 0.301. The first kappa shape index (κ1) is 15.9. The molecule has 0 bridgehead atoms. The summed E-state index contributed by atoms with van der Waals surface area (Å²) in [5, 5.41) is 0. The standard InChI is InChI=1S/C15H33N3/c1-5-8-15(2,12-16)13-18(4)11-14-6-9-17(3)10-7-14/h14H,5-13,16H2,1-4H3. The lowest BCUT2D eigenvalue weighted by atomic mass is 9.84. The van der Waals surface area contributed by atoms with E-state index in [9.17, 15) is 0 Å². The molecular formula is C15H33N3. The van der Waals surface area contributed by atoms with Crippen LogP contribution in [0.5, 0.6) is 0 Å². The van der Waals surface area contributed by atoms with E-state index >= 15 is 0 Å². The summed E-state index contributed by atoms with van der Waals surface area (Å²) < 4.78 is 0. The van der Waals surface area contributed by atoms with Crippen LogP contribution >= 0.6 is 0 Å². The molecule has 1 saturated heterocycles. The Morgan fingerprint density at radius 3 is 2.44 bits per heavy atom. The highest BCUT2D eigenvalue weighted by Gasteiger charge is 2.25. The van der Waals surface area contributed by atoms with Crippen LogP contribution in [0.2, 0.25) is 0 Å². The number of hydrogen-bond acceptors (Lipinski definition) is 3. The molecule has 1 fully saturated rings. The SMILES string of the molecule is CCCC(C)(CN)CN(C)CC1CCN(C)CC1. The second-order valence-corrected chi connectivity index (χ2v) is 6.71. The third-order valence-corrected chi connectivity index (χ3v) is 4.41. The molecule has 0 saturated carbocycles. The maximum absolute atomic E-state index is 5.96. The van der Waals surface area contributed by atoms with Crippen LogP contribution in [0.3, 0.4) is 0 Å². The van der Waals surface area contributed by atoms with E-state index in [1.807, 2.05) is 0 Å². The number of rotatable bonds is 7. The zero-order chi connectivity index (χ0) is 13.6. The van der Waals surface area contributed by atoms with Gasteiger partial charge in [-0.25, -0.2) is 0 Å². The maximum Gasteiger partial charge on any atom is 0.00445 e. The van der Waals surface area contributed by atoms with Gasteiger partial charge in [-0.3, -0.25) is 0 Å². The number of nitrogens with two attached hydrogens (primary N) is 1. The fourth-order valence-electron chi connectivity index (χ4n) is 3.25. The van der Waals surface area contributed by atoms with Crippen molar-refractivity contribution in [1.29, 1.82) is 0 Å². The van der Waals surface area contributed by atoms with Crippen molar-refractivity contribution >= 4 is 0 Å². The Hall–Kier alpha value is -0.120. The summed E-state index contributed by atoms with van der Waals surface area (Å²) in [6, 6.07) is 0. The van der Waals surface area contributed by atoms with Gasteiger partial charge in [0.25, 0.3) is 0 Å². The van der Waals surface area contributed by atoms with Gasteiger partial charge in [-0.2, -0.15) is 0 Å². The average molecular weight is 255 g/mol. The van der Waals surface area contributed by atoms with Gasteiger partial charge in [0.2, 0.25) is 0 Å². The molecule has 1 aliphatic rings. The molecule has 2 N–H and O–H groups in total. The van der Waals surface area contributed by atoms with Crippen LogP contribution in [-0.2, 0) is 0 Å². The number of hydrogen-bond donors (Lipinski definition) is 1. The molecule has 3 heteroatoms. The fourth-order valence-corrected chi connectivity index (χ4v) is 3.25. The lowest BCUT2D eigenvalue weighted by Crippen LogP contribution is -2.42. The molecule has 0 amide bonds. The molecule has 1 unspecified atom stereocenters. The smallest absolute Gasteiger partial charge is 0.00445 e. The summed E-state index contributed by atoms with van der Waals surface area (Å²) in [6.07, 6.45) is 5.18. The molecule has 108 valence electrons. The first-order valence-corrected chi connectivity index (χ1v) is 7.56. The predicted octanol–water partition coefficient (Wildman–Crippen LogP) is 2.03. The highest BCUT2D eigenvalue weighted by atomic mass is 15.1. The zero-order valence-corrected chi connectivity index (χ0v) is 12.9. The number of nitrogens with zero attached hydrogens (tertiary/aromatic N) is 2. The van der Waals surface area contributed by atoms with Gasteiger partial charge in [0.15, 0.2) is 0 Å². The van der Waals surface area contributed by atoms with E-state index in [1.54, 1.807) is 0 Å². The van der Waals surface area contributed by atoms with E-state index in [4.69, 9.17) is 5.73 Å². The van der Waals surface area contributed by atoms with Gasteiger partial charge < -0.3 is 15.5 Å². The Bertz CT molecular complexity index is 224. The quantitative estimate of drug-likeness (QED) is 0.755. The van der Waals surface area contributed by atoms with Gasteiger partial charge in [0.1, 0.15) is 0 Å². The highest BCUT2D eigenvalue weighted by Crippen LogP contribution is 2.24. The Labute approximate surface area is 114 Å². The van der Waals surface area contributed by atoms with Crippen molar-refractivity contribution in [3.05, 3.63) is 0 Å². The third-order valence-electron chi connectivity index (χ3n) is 4.41. The number of piperidine rings is 1. The Morgan fingerprint density at radius 1 is 1.33 bits per heavy atom. The molecule has 3 nitrogen and oxygen atoms in total. The topological polar surface area (TPSA) is 32.5 Å². The fraction of sp³-hybridized carbons (Fsp3) is 1.00. The highest BCUT2D eigenvalue weighted by molar-refractivity contribution is 4.80. The van der Waals surface area contributed by atoms with Crippen molar-refractivity contribution in [3.63, 3.8) is 0 Å². The first-order valence-electron chi connectivity index (χ1n) is 7.56. The van der Waals surface area contributed by atoms with Gasteiger partial charge in [-0.15, -0.1) is 0 Å². The van der Waals surface area contributed by atoms with E-state index in [2.05, 4.69) is 37.7 Å². The summed E-state index contributed by atoms with van der Waals surface area (Å²) in [4.78, 5) is 4.95. The van der Waals surface area contributed by atoms with Crippen LogP contribution in [0.4, 0.5) is 0 Å². The van der Waals surface area contributed by atoms with Crippen molar-refractivity contribution in [2.45, 2.75) is 39.5 Å². The van der Waals surface area contributed by atoms with Gasteiger partial charge in [-0.05, 0) is 64.3 Å². The third kappa shape index (κ3) is 5.25. The van der Waals surface area contributed by atoms with Crippen LogP contribution < -0.4 is 5.73 Å². The van der Waals surface area contributed by atoms with Gasteiger partial charge in [-0.1, -0.05) is 20.3 Å². The molecule has 1 heterocycles. The molecule has 1 rings (SSSR count). The minimum Gasteiger partial charge on any atom is -0.330 e. The van der Waals surface area contributed by atoms with Crippen molar-refractivity contribution < 1.29 is 0 Å². The zero-order valence-electron chi connectivity index (χ0n) is 12.9. The van der Waals surface area contributed by atoms with Crippen LogP contribution in [0.25, 0.3) is 0 Å². The van der Waals surface area contributed by atoms with E-state index in [-0.39, 0.29) is 0 Å². The molecule has 0 aromatic carbocycles. The average Bonchev–Trinajstić information content (AvgIpc) is 2.32. The first-order chi connectivity index (χ1) is 8.49. The molecule has 1 atom stereocenters. The molecule has 0 radical (unpaired) electrons. The predicted molar refractivity (Wildman–Crippen MR) is 79.8 cm³/mol. The van der Waals surface area contributed by atoms with Gasteiger partial charge in [0, 0.05) is 13.1 Å². The van der Waals surface area contributed by atoms with E-state index in [1.165, 1.54) is 45.3 Å². The largest absolute Gasteiger partial charge is 0.330 e. The Balaban J connectivity index is 2.33. The van der Waals surface area contributed by atoms with Crippen LogP contribution in [0.1, 0.15) is 39.5 Å². The van der Waals surface area contributed by atoms with Crippen molar-refractivity contribution in [2.24, 2.45) is 17.1 Å². The van der Waals surface area contributed by atoms with E-state index < -0.39 is 0 Å². The lowest BCUT2D eigenvalue weighted by Gasteiger charge is -2.36. The van der Waals surface area contributed by atoms with E-state index in [0.29, 0.717) is 5.41 Å². The molecule has 0 spiro atoms. The monoisotopic (exact) mass is 255 g/mol. The van der Waals surface area contributed by atoms with E-state index in [0.717, 1.165) is 19.0 Å². The van der Waals surface area contributed by atoms with Gasteiger partial charge >= 0.3 is 0 Å². The number of likely N-dealkylation sites (tertiary alicyclic amines) is 1. The Kier molecular flexibility index (Phi) is 6.61. The molecular weight excluding hydrogens is 222 g/mol. The summed E-state index contributed by atoms with van der Waals surface area (Å²) >= 11 is 0. The summed E-state index contributed by atoms with van der Waals surface area (Å²) in [5.41, 5.74) is 6.26. The Morgan fingerprint density at radius 2 is 1.94 bits per heavy atom. The minimum absolute atomic E-state index is 0.301. The second-order valence-electron chi connectivity index (χ2n) is 6.71. The normalized spacial score (nSPS) is 22.3.